The molecule has 0 bridgehead atoms. The Morgan fingerprint density at radius 2 is 1.66 bits per heavy atom. The Morgan fingerprint density at radius 1 is 1.00 bits per heavy atom. The standard InChI is InChI=1S/C23H30N4O4S/c1-18-4-2-3-5-20(18)16-23(29)27-14-12-26(13-15-27)17-22(28)25-11-10-19-6-8-21(9-7-19)32(24,30)31/h2-9H,10-17H2,1H3,(H,25,28)(H2,24,30,31). The van der Waals surface area contributed by atoms with Crippen LogP contribution in [0.1, 0.15) is 16.7 Å². The van der Waals surface area contributed by atoms with Crippen molar-refractivity contribution in [3.8, 4) is 0 Å². The number of rotatable bonds is 8. The Bertz CT molecular complexity index is 1050. The third-order valence-corrected chi connectivity index (χ3v) is 6.61. The normalized spacial score (nSPS) is 14.9. The first-order valence-corrected chi connectivity index (χ1v) is 12.2. The third kappa shape index (κ3) is 6.88. The quantitative estimate of drug-likeness (QED) is 0.604. The summed E-state index contributed by atoms with van der Waals surface area (Å²) in [6.45, 7) is 5.35. The molecule has 32 heavy (non-hydrogen) atoms. The van der Waals surface area contributed by atoms with E-state index < -0.39 is 10.0 Å². The van der Waals surface area contributed by atoms with Gasteiger partial charge in [-0.05, 0) is 42.2 Å². The molecule has 1 aliphatic rings. The summed E-state index contributed by atoms with van der Waals surface area (Å²) in [5, 5.41) is 7.98. The minimum Gasteiger partial charge on any atom is -0.355 e. The summed E-state index contributed by atoms with van der Waals surface area (Å²) in [5.74, 6) is 0.0581. The molecule has 9 heteroatoms. The van der Waals surface area contributed by atoms with Crippen LogP contribution in [0.5, 0.6) is 0 Å². The van der Waals surface area contributed by atoms with Crippen LogP contribution in [0, 0.1) is 6.92 Å². The maximum absolute atomic E-state index is 12.6. The fraction of sp³-hybridized carbons (Fsp3) is 0.391. The van der Waals surface area contributed by atoms with E-state index in [2.05, 4.69) is 5.32 Å². The predicted octanol–water partition coefficient (Wildman–Crippen LogP) is 0.688. The number of nitrogens with one attached hydrogen (secondary N) is 1. The number of benzene rings is 2. The molecular weight excluding hydrogens is 428 g/mol. The molecule has 0 atom stereocenters. The van der Waals surface area contributed by atoms with E-state index in [1.54, 1.807) is 12.1 Å². The van der Waals surface area contributed by atoms with Crippen LogP contribution in [0.15, 0.2) is 53.4 Å². The molecule has 0 unspecified atom stereocenters. The van der Waals surface area contributed by atoms with Crippen molar-refractivity contribution in [1.82, 2.24) is 15.1 Å². The van der Waals surface area contributed by atoms with Gasteiger partial charge in [0.1, 0.15) is 0 Å². The van der Waals surface area contributed by atoms with E-state index >= 15 is 0 Å². The molecule has 0 aromatic heterocycles. The summed E-state index contributed by atoms with van der Waals surface area (Å²) >= 11 is 0. The first-order valence-electron chi connectivity index (χ1n) is 10.7. The number of primary sulfonamides is 1. The summed E-state index contributed by atoms with van der Waals surface area (Å²) in [5.41, 5.74) is 3.09. The van der Waals surface area contributed by atoms with E-state index in [1.165, 1.54) is 12.1 Å². The van der Waals surface area contributed by atoms with Crippen molar-refractivity contribution in [1.29, 1.82) is 0 Å². The summed E-state index contributed by atoms with van der Waals surface area (Å²) in [6, 6.07) is 14.2. The Hall–Kier alpha value is -2.75. The lowest BCUT2D eigenvalue weighted by atomic mass is 10.1. The van der Waals surface area contributed by atoms with Gasteiger partial charge in [0.25, 0.3) is 0 Å². The SMILES string of the molecule is Cc1ccccc1CC(=O)N1CCN(CC(=O)NCCc2ccc(S(N)(=O)=O)cc2)CC1. The van der Waals surface area contributed by atoms with Gasteiger partial charge in [-0.25, -0.2) is 13.6 Å². The van der Waals surface area contributed by atoms with Gasteiger partial charge in [0, 0.05) is 32.7 Å². The Kier molecular flexibility index (Phi) is 8.00. The molecule has 2 aromatic carbocycles. The molecule has 2 amide bonds. The maximum atomic E-state index is 12.6. The molecule has 1 aliphatic heterocycles. The maximum Gasteiger partial charge on any atom is 0.238 e. The molecule has 0 radical (unpaired) electrons. The summed E-state index contributed by atoms with van der Waals surface area (Å²) in [7, 11) is -3.70. The lowest BCUT2D eigenvalue weighted by molar-refractivity contribution is -0.132. The van der Waals surface area contributed by atoms with E-state index in [1.807, 2.05) is 41.0 Å². The third-order valence-electron chi connectivity index (χ3n) is 5.68. The van der Waals surface area contributed by atoms with Crippen LogP contribution in [-0.4, -0.2) is 69.3 Å². The lowest BCUT2D eigenvalue weighted by Crippen LogP contribution is -2.51. The molecule has 1 fully saturated rings. The topological polar surface area (TPSA) is 113 Å². The Morgan fingerprint density at radius 3 is 2.28 bits per heavy atom. The fourth-order valence-electron chi connectivity index (χ4n) is 3.69. The zero-order chi connectivity index (χ0) is 23.1. The van der Waals surface area contributed by atoms with Crippen molar-refractivity contribution in [2.45, 2.75) is 24.7 Å². The first-order chi connectivity index (χ1) is 15.2. The van der Waals surface area contributed by atoms with Crippen molar-refractivity contribution in [3.05, 3.63) is 65.2 Å². The highest BCUT2D eigenvalue weighted by molar-refractivity contribution is 7.89. The second-order valence-electron chi connectivity index (χ2n) is 8.05. The first kappa shape index (κ1) is 23.9. The molecule has 3 rings (SSSR count). The van der Waals surface area contributed by atoms with E-state index in [0.717, 1.165) is 16.7 Å². The highest BCUT2D eigenvalue weighted by atomic mass is 32.2. The van der Waals surface area contributed by atoms with Gasteiger partial charge in [-0.1, -0.05) is 36.4 Å². The van der Waals surface area contributed by atoms with Crippen molar-refractivity contribution < 1.29 is 18.0 Å². The lowest BCUT2D eigenvalue weighted by Gasteiger charge is -2.34. The number of sulfonamides is 1. The van der Waals surface area contributed by atoms with Crippen LogP contribution in [0.3, 0.4) is 0 Å². The summed E-state index contributed by atoms with van der Waals surface area (Å²) in [4.78, 5) is 28.8. The molecule has 172 valence electrons. The molecule has 1 heterocycles. The van der Waals surface area contributed by atoms with Gasteiger partial charge >= 0.3 is 0 Å². The van der Waals surface area contributed by atoms with Gasteiger partial charge < -0.3 is 10.2 Å². The van der Waals surface area contributed by atoms with Gasteiger partial charge in [-0.2, -0.15) is 0 Å². The van der Waals surface area contributed by atoms with Gasteiger partial charge in [0.2, 0.25) is 21.8 Å². The average Bonchev–Trinajstić information content (AvgIpc) is 2.75. The molecule has 3 N–H and O–H groups in total. The molecular formula is C23H30N4O4S. The predicted molar refractivity (Wildman–Crippen MR) is 122 cm³/mol. The average molecular weight is 459 g/mol. The molecule has 8 nitrogen and oxygen atoms in total. The number of nitrogens with zero attached hydrogens (tertiary/aromatic N) is 2. The monoisotopic (exact) mass is 458 g/mol. The van der Waals surface area contributed by atoms with Gasteiger partial charge in [0.15, 0.2) is 0 Å². The fourth-order valence-corrected chi connectivity index (χ4v) is 4.21. The highest BCUT2D eigenvalue weighted by Crippen LogP contribution is 2.11. The van der Waals surface area contributed by atoms with Crippen LogP contribution < -0.4 is 10.5 Å². The number of aryl methyl sites for hydroxylation is 1. The number of hydrogen-bond acceptors (Lipinski definition) is 5. The van der Waals surface area contributed by atoms with Crippen LogP contribution in [-0.2, 0) is 32.5 Å². The van der Waals surface area contributed by atoms with Crippen molar-refractivity contribution in [2.75, 3.05) is 39.3 Å². The number of piperazine rings is 1. The number of amides is 2. The smallest absolute Gasteiger partial charge is 0.238 e. The Labute approximate surface area is 189 Å². The van der Waals surface area contributed by atoms with Gasteiger partial charge in [0.05, 0.1) is 17.9 Å². The molecule has 1 saturated heterocycles. The van der Waals surface area contributed by atoms with Crippen molar-refractivity contribution >= 4 is 21.8 Å². The van der Waals surface area contributed by atoms with Crippen molar-refractivity contribution in [3.63, 3.8) is 0 Å². The number of nitrogens with two attached hydrogens (primary N) is 1. The van der Waals surface area contributed by atoms with E-state index in [4.69, 9.17) is 5.14 Å². The van der Waals surface area contributed by atoms with E-state index in [-0.39, 0.29) is 16.7 Å². The molecule has 0 saturated carbocycles. The van der Waals surface area contributed by atoms with E-state index in [9.17, 15) is 18.0 Å². The number of carbonyl (C=O) groups is 2. The highest BCUT2D eigenvalue weighted by Gasteiger charge is 2.22. The Balaban J connectivity index is 1.36. The largest absolute Gasteiger partial charge is 0.355 e. The van der Waals surface area contributed by atoms with Crippen molar-refractivity contribution in [2.24, 2.45) is 5.14 Å². The number of carbonyl (C=O) groups excluding carboxylic acids is 2. The summed E-state index contributed by atoms with van der Waals surface area (Å²) < 4.78 is 22.6. The van der Waals surface area contributed by atoms with Crippen LogP contribution >= 0.6 is 0 Å². The minimum absolute atomic E-state index is 0.0640. The molecule has 0 aliphatic carbocycles. The zero-order valence-electron chi connectivity index (χ0n) is 18.3. The van der Waals surface area contributed by atoms with Crippen LogP contribution in [0.25, 0.3) is 0 Å². The van der Waals surface area contributed by atoms with Crippen LogP contribution in [0.2, 0.25) is 0 Å². The molecule has 2 aromatic rings. The van der Waals surface area contributed by atoms with E-state index in [0.29, 0.717) is 52.1 Å². The second kappa shape index (κ2) is 10.7. The van der Waals surface area contributed by atoms with Gasteiger partial charge in [-0.15, -0.1) is 0 Å². The minimum atomic E-state index is -3.70. The second-order valence-corrected chi connectivity index (χ2v) is 9.61. The number of hydrogen-bond donors (Lipinski definition) is 2. The summed E-state index contributed by atoms with van der Waals surface area (Å²) in [6.07, 6.45) is 1.00. The zero-order valence-corrected chi connectivity index (χ0v) is 19.1. The van der Waals surface area contributed by atoms with Crippen LogP contribution in [0.4, 0.5) is 0 Å². The molecule has 0 spiro atoms. The van der Waals surface area contributed by atoms with Gasteiger partial charge in [-0.3, -0.25) is 14.5 Å².